The molecule has 1 amide bonds. The molecular formula is C17H16ClFN2O3. The second-order valence-electron chi connectivity index (χ2n) is 5.24. The minimum Gasteiger partial charge on any atom is -0.490 e. The maximum absolute atomic E-state index is 13.1. The molecule has 1 aliphatic rings. The van der Waals surface area contributed by atoms with Crippen LogP contribution in [0, 0.1) is 5.82 Å². The van der Waals surface area contributed by atoms with Crippen LogP contribution in [0.3, 0.4) is 0 Å². The van der Waals surface area contributed by atoms with E-state index in [4.69, 9.17) is 21.1 Å². The van der Waals surface area contributed by atoms with Crippen molar-refractivity contribution in [3.05, 3.63) is 47.2 Å². The highest BCUT2D eigenvalue weighted by molar-refractivity contribution is 6.33. The predicted molar refractivity (Wildman–Crippen MR) is 90.6 cm³/mol. The van der Waals surface area contributed by atoms with Crippen LogP contribution in [-0.4, -0.2) is 25.7 Å². The molecule has 2 aromatic carbocycles. The van der Waals surface area contributed by atoms with Crippen LogP contribution in [0.2, 0.25) is 5.02 Å². The van der Waals surface area contributed by atoms with Gasteiger partial charge in [-0.15, -0.1) is 0 Å². The van der Waals surface area contributed by atoms with Crippen molar-refractivity contribution in [2.75, 3.05) is 30.4 Å². The Balaban J connectivity index is 1.63. The van der Waals surface area contributed by atoms with E-state index in [0.29, 0.717) is 41.1 Å². The first kappa shape index (κ1) is 16.4. The first-order valence-electron chi connectivity index (χ1n) is 7.50. The van der Waals surface area contributed by atoms with E-state index in [1.54, 1.807) is 18.2 Å². The number of benzene rings is 2. The van der Waals surface area contributed by atoms with Crippen LogP contribution in [0.15, 0.2) is 36.4 Å². The van der Waals surface area contributed by atoms with Gasteiger partial charge in [-0.1, -0.05) is 17.7 Å². The summed E-state index contributed by atoms with van der Waals surface area (Å²) < 4.78 is 24.2. The molecular weight excluding hydrogens is 335 g/mol. The zero-order chi connectivity index (χ0) is 16.9. The average molecular weight is 351 g/mol. The summed E-state index contributed by atoms with van der Waals surface area (Å²) in [5.74, 6) is 0.452. The summed E-state index contributed by atoms with van der Waals surface area (Å²) in [6.45, 7) is 1.12. The first-order valence-corrected chi connectivity index (χ1v) is 7.88. The van der Waals surface area contributed by atoms with Gasteiger partial charge in [0.1, 0.15) is 5.82 Å². The van der Waals surface area contributed by atoms with Crippen LogP contribution in [0.1, 0.15) is 6.42 Å². The van der Waals surface area contributed by atoms with E-state index in [0.717, 1.165) is 6.42 Å². The van der Waals surface area contributed by atoms with Crippen molar-refractivity contribution in [1.82, 2.24) is 0 Å². The molecule has 0 spiro atoms. The Morgan fingerprint density at radius 2 is 1.92 bits per heavy atom. The SMILES string of the molecule is O=C(CNc1cc2c(cc1Cl)OCCCO2)Nc1cccc(F)c1. The van der Waals surface area contributed by atoms with Gasteiger partial charge in [0.2, 0.25) is 5.91 Å². The summed E-state index contributed by atoms with van der Waals surface area (Å²) in [5, 5.41) is 5.98. The molecule has 0 unspecified atom stereocenters. The van der Waals surface area contributed by atoms with Crippen LogP contribution in [0.4, 0.5) is 15.8 Å². The van der Waals surface area contributed by atoms with Crippen molar-refractivity contribution in [3.63, 3.8) is 0 Å². The van der Waals surface area contributed by atoms with Gasteiger partial charge in [0.05, 0.1) is 30.5 Å². The van der Waals surface area contributed by atoms with Gasteiger partial charge in [-0.05, 0) is 18.2 Å². The number of carbonyl (C=O) groups excluding carboxylic acids is 1. The summed E-state index contributed by atoms with van der Waals surface area (Å²) in [5.41, 5.74) is 0.960. The third-order valence-electron chi connectivity index (χ3n) is 3.38. The number of rotatable bonds is 4. The number of nitrogens with one attached hydrogen (secondary N) is 2. The van der Waals surface area contributed by atoms with E-state index in [2.05, 4.69) is 10.6 Å². The molecule has 0 saturated carbocycles. The third kappa shape index (κ3) is 4.08. The third-order valence-corrected chi connectivity index (χ3v) is 3.70. The van der Waals surface area contributed by atoms with Crippen molar-refractivity contribution in [2.24, 2.45) is 0 Å². The van der Waals surface area contributed by atoms with Crippen molar-refractivity contribution in [1.29, 1.82) is 0 Å². The molecule has 0 radical (unpaired) electrons. The van der Waals surface area contributed by atoms with Gasteiger partial charge in [0.15, 0.2) is 11.5 Å². The molecule has 2 aromatic rings. The smallest absolute Gasteiger partial charge is 0.243 e. The number of anilines is 2. The molecule has 0 aromatic heterocycles. The lowest BCUT2D eigenvalue weighted by Crippen LogP contribution is -2.21. The molecule has 3 rings (SSSR count). The molecule has 0 atom stereocenters. The minimum absolute atomic E-state index is 0.0180. The molecule has 0 aliphatic carbocycles. The molecule has 0 saturated heterocycles. The summed E-state index contributed by atoms with van der Waals surface area (Å²) in [4.78, 5) is 12.0. The fourth-order valence-electron chi connectivity index (χ4n) is 2.27. The van der Waals surface area contributed by atoms with E-state index in [1.165, 1.54) is 18.2 Å². The normalized spacial score (nSPS) is 13.1. The maximum Gasteiger partial charge on any atom is 0.243 e. The molecule has 0 bridgehead atoms. The molecule has 126 valence electrons. The minimum atomic E-state index is -0.410. The zero-order valence-electron chi connectivity index (χ0n) is 12.8. The quantitative estimate of drug-likeness (QED) is 0.883. The molecule has 2 N–H and O–H groups in total. The monoisotopic (exact) mass is 350 g/mol. The summed E-state index contributed by atoms with van der Waals surface area (Å²) >= 11 is 6.20. The lowest BCUT2D eigenvalue weighted by atomic mass is 10.2. The summed E-state index contributed by atoms with van der Waals surface area (Å²) in [7, 11) is 0. The number of amides is 1. The van der Waals surface area contributed by atoms with Gasteiger partial charge in [0, 0.05) is 24.2 Å². The number of carbonyl (C=O) groups is 1. The van der Waals surface area contributed by atoms with Crippen LogP contribution in [-0.2, 0) is 4.79 Å². The van der Waals surface area contributed by atoms with Crippen LogP contribution in [0.25, 0.3) is 0 Å². The number of halogens is 2. The van der Waals surface area contributed by atoms with Crippen LogP contribution in [0.5, 0.6) is 11.5 Å². The Labute approximate surface area is 143 Å². The van der Waals surface area contributed by atoms with E-state index in [1.807, 2.05) is 0 Å². The Morgan fingerprint density at radius 1 is 1.17 bits per heavy atom. The fraction of sp³-hybridized carbons (Fsp3) is 0.235. The number of hydrogen-bond acceptors (Lipinski definition) is 4. The Morgan fingerprint density at radius 3 is 2.67 bits per heavy atom. The van der Waals surface area contributed by atoms with Gasteiger partial charge in [-0.25, -0.2) is 4.39 Å². The highest BCUT2D eigenvalue weighted by atomic mass is 35.5. The molecule has 24 heavy (non-hydrogen) atoms. The van der Waals surface area contributed by atoms with Crippen molar-refractivity contribution >= 4 is 28.9 Å². The average Bonchev–Trinajstić information content (AvgIpc) is 2.77. The largest absolute Gasteiger partial charge is 0.490 e. The molecule has 1 heterocycles. The van der Waals surface area contributed by atoms with E-state index >= 15 is 0 Å². The fourth-order valence-corrected chi connectivity index (χ4v) is 2.49. The van der Waals surface area contributed by atoms with Gasteiger partial charge >= 0.3 is 0 Å². The molecule has 5 nitrogen and oxygen atoms in total. The zero-order valence-corrected chi connectivity index (χ0v) is 13.5. The Bertz CT molecular complexity index is 755. The second kappa shape index (κ2) is 7.40. The lowest BCUT2D eigenvalue weighted by Gasteiger charge is -2.13. The molecule has 1 aliphatic heterocycles. The Kier molecular flexibility index (Phi) is 5.05. The van der Waals surface area contributed by atoms with E-state index in [-0.39, 0.29) is 12.5 Å². The Hall–Kier alpha value is -2.47. The van der Waals surface area contributed by atoms with Gasteiger partial charge in [-0.2, -0.15) is 0 Å². The predicted octanol–water partition coefficient (Wildman–Crippen LogP) is 3.69. The lowest BCUT2D eigenvalue weighted by molar-refractivity contribution is -0.114. The number of ether oxygens (including phenoxy) is 2. The summed E-state index contributed by atoms with van der Waals surface area (Å²) in [6, 6.07) is 9.07. The van der Waals surface area contributed by atoms with Crippen LogP contribution >= 0.6 is 11.6 Å². The molecule has 0 fully saturated rings. The van der Waals surface area contributed by atoms with Crippen LogP contribution < -0.4 is 20.1 Å². The number of hydrogen-bond donors (Lipinski definition) is 2. The number of fused-ring (bicyclic) bond motifs is 1. The van der Waals surface area contributed by atoms with Gasteiger partial charge in [-0.3, -0.25) is 4.79 Å². The van der Waals surface area contributed by atoms with Gasteiger partial charge in [0.25, 0.3) is 0 Å². The second-order valence-corrected chi connectivity index (χ2v) is 5.65. The van der Waals surface area contributed by atoms with Crippen molar-refractivity contribution in [3.8, 4) is 11.5 Å². The highest BCUT2D eigenvalue weighted by Gasteiger charge is 2.14. The standard InChI is InChI=1S/C17H16ClFN2O3/c18-13-8-15-16(24-6-2-5-23-15)9-14(13)20-10-17(22)21-12-4-1-3-11(19)7-12/h1,3-4,7-9,20H,2,5-6,10H2,(H,21,22). The molecule has 7 heteroatoms. The highest BCUT2D eigenvalue weighted by Crippen LogP contribution is 2.37. The first-order chi connectivity index (χ1) is 11.6. The topological polar surface area (TPSA) is 59.6 Å². The maximum atomic E-state index is 13.1. The van der Waals surface area contributed by atoms with Crippen molar-refractivity contribution < 1.29 is 18.7 Å². The summed E-state index contributed by atoms with van der Waals surface area (Å²) in [6.07, 6.45) is 0.797. The van der Waals surface area contributed by atoms with Gasteiger partial charge < -0.3 is 20.1 Å². The van der Waals surface area contributed by atoms with Crippen molar-refractivity contribution in [2.45, 2.75) is 6.42 Å². The van der Waals surface area contributed by atoms with E-state index < -0.39 is 5.82 Å². The van der Waals surface area contributed by atoms with E-state index in [9.17, 15) is 9.18 Å².